The number of nitrogens with zero attached hydrogens (tertiary/aromatic N) is 1. The van der Waals surface area contributed by atoms with Crippen molar-refractivity contribution in [2.45, 2.75) is 6.42 Å². The maximum Gasteiger partial charge on any atom is 0.0867 e. The molecule has 0 unspecified atom stereocenters. The molecule has 0 spiro atoms. The number of hydrogen-bond acceptors (Lipinski definition) is 2. The molecule has 0 aliphatic carbocycles. The Hall–Kier alpha value is -1.31. The van der Waals surface area contributed by atoms with Crippen LogP contribution in [0.3, 0.4) is 0 Å². The minimum atomic E-state index is 0.838. The van der Waals surface area contributed by atoms with Gasteiger partial charge in [-0.1, -0.05) is 24.8 Å². The topological polar surface area (TPSA) is 24.4 Å². The van der Waals surface area contributed by atoms with E-state index in [1.165, 1.54) is 0 Å². The molecule has 0 saturated heterocycles. The van der Waals surface area contributed by atoms with E-state index in [2.05, 4.69) is 23.0 Å². The Morgan fingerprint density at radius 3 is 3.27 bits per heavy atom. The summed E-state index contributed by atoms with van der Waals surface area (Å²) in [6, 6.07) is 0. The first-order valence-corrected chi connectivity index (χ1v) is 3.66. The molecule has 0 radical (unpaired) electrons. The van der Waals surface area contributed by atoms with Crippen LogP contribution in [-0.2, 0) is 0 Å². The van der Waals surface area contributed by atoms with E-state index in [0.29, 0.717) is 0 Å². The van der Waals surface area contributed by atoms with Crippen LogP contribution in [0, 0.1) is 0 Å². The molecule has 2 nitrogen and oxygen atoms in total. The summed E-state index contributed by atoms with van der Waals surface area (Å²) in [7, 11) is 0. The van der Waals surface area contributed by atoms with Crippen LogP contribution in [0.15, 0.2) is 41.6 Å². The third-order valence-electron chi connectivity index (χ3n) is 1.31. The molecule has 1 heterocycles. The van der Waals surface area contributed by atoms with Gasteiger partial charge in [0.25, 0.3) is 0 Å². The Labute approximate surface area is 67.0 Å². The molecule has 0 atom stereocenters. The van der Waals surface area contributed by atoms with Gasteiger partial charge in [-0.25, -0.2) is 0 Å². The van der Waals surface area contributed by atoms with Crippen molar-refractivity contribution in [3.05, 3.63) is 36.6 Å². The van der Waals surface area contributed by atoms with Crippen molar-refractivity contribution in [1.82, 2.24) is 5.32 Å². The molecule has 0 aromatic rings. The third kappa shape index (κ3) is 3.40. The fourth-order valence-electron chi connectivity index (χ4n) is 0.737. The monoisotopic (exact) mass is 148 g/mol. The van der Waals surface area contributed by atoms with Crippen LogP contribution in [0.2, 0.25) is 0 Å². The molecule has 1 N–H and O–H groups in total. The van der Waals surface area contributed by atoms with E-state index in [1.54, 1.807) is 6.34 Å². The fourth-order valence-corrected chi connectivity index (χ4v) is 0.737. The standard InChI is InChI=1S/C9H12N2/c1-9-6-4-2-3-5-7-10-8-11-9/h2-4,6,8H,1,5,7H2,(H,10,11). The molecule has 11 heavy (non-hydrogen) atoms. The van der Waals surface area contributed by atoms with Crippen molar-refractivity contribution in [2.24, 2.45) is 4.99 Å². The summed E-state index contributed by atoms with van der Waals surface area (Å²) in [6.45, 7) is 4.60. The molecule has 2 heteroatoms. The first-order valence-electron chi connectivity index (χ1n) is 3.66. The highest BCUT2D eigenvalue weighted by molar-refractivity contribution is 5.58. The molecule has 1 aliphatic rings. The lowest BCUT2D eigenvalue weighted by atomic mass is 10.3. The molecule has 1 rings (SSSR count). The van der Waals surface area contributed by atoms with Crippen molar-refractivity contribution in [1.29, 1.82) is 0 Å². The highest BCUT2D eigenvalue weighted by Crippen LogP contribution is 1.91. The summed E-state index contributed by atoms with van der Waals surface area (Å²) in [5, 5.41) is 2.95. The van der Waals surface area contributed by atoms with E-state index >= 15 is 0 Å². The minimum absolute atomic E-state index is 0.838. The first-order chi connectivity index (χ1) is 5.39. The van der Waals surface area contributed by atoms with Crippen LogP contribution in [0.5, 0.6) is 0 Å². The number of allylic oxidation sites excluding steroid dienone is 3. The maximum absolute atomic E-state index is 4.10. The molecule has 0 saturated carbocycles. The van der Waals surface area contributed by atoms with Crippen molar-refractivity contribution in [3.63, 3.8) is 0 Å². The predicted molar refractivity (Wildman–Crippen MR) is 48.5 cm³/mol. The molecular weight excluding hydrogens is 136 g/mol. The lowest BCUT2D eigenvalue weighted by molar-refractivity contribution is 0.997. The van der Waals surface area contributed by atoms with Crippen molar-refractivity contribution in [3.8, 4) is 0 Å². The zero-order chi connectivity index (χ0) is 7.94. The van der Waals surface area contributed by atoms with Gasteiger partial charge >= 0.3 is 0 Å². The number of nitrogens with one attached hydrogen (secondary N) is 1. The summed E-state index contributed by atoms with van der Waals surface area (Å²) < 4.78 is 0. The molecule has 0 fully saturated rings. The molecule has 0 amide bonds. The van der Waals surface area contributed by atoms with Gasteiger partial charge in [0.15, 0.2) is 0 Å². The summed E-state index contributed by atoms with van der Waals surface area (Å²) in [4.78, 5) is 4.10. The van der Waals surface area contributed by atoms with Gasteiger partial charge in [-0.3, -0.25) is 4.99 Å². The van der Waals surface area contributed by atoms with Crippen LogP contribution >= 0.6 is 0 Å². The summed E-state index contributed by atoms with van der Waals surface area (Å²) in [6.07, 6.45) is 10.7. The van der Waals surface area contributed by atoms with Gasteiger partial charge in [0.05, 0.1) is 6.34 Å². The van der Waals surface area contributed by atoms with E-state index in [-0.39, 0.29) is 0 Å². The second-order valence-corrected chi connectivity index (χ2v) is 2.28. The van der Waals surface area contributed by atoms with Crippen LogP contribution in [0.4, 0.5) is 0 Å². The lowest BCUT2D eigenvalue weighted by Crippen LogP contribution is -2.07. The summed E-state index contributed by atoms with van der Waals surface area (Å²) >= 11 is 0. The fraction of sp³-hybridized carbons (Fsp3) is 0.222. The summed E-state index contributed by atoms with van der Waals surface area (Å²) in [5.74, 6) is 0. The second kappa shape index (κ2) is 4.50. The Morgan fingerprint density at radius 1 is 1.45 bits per heavy atom. The van der Waals surface area contributed by atoms with Crippen molar-refractivity contribution >= 4 is 6.34 Å². The van der Waals surface area contributed by atoms with Crippen molar-refractivity contribution in [2.75, 3.05) is 6.54 Å². The van der Waals surface area contributed by atoms with Gasteiger partial charge in [-0.2, -0.15) is 0 Å². The van der Waals surface area contributed by atoms with E-state index in [0.717, 1.165) is 18.7 Å². The SMILES string of the molecule is C=C1C=CC=CCCN=CN1. The van der Waals surface area contributed by atoms with Crippen molar-refractivity contribution < 1.29 is 0 Å². The molecule has 58 valence electrons. The number of aliphatic imine (C=N–C) groups is 1. The number of hydrogen-bond donors (Lipinski definition) is 1. The van der Waals surface area contributed by atoms with Crippen LogP contribution < -0.4 is 5.32 Å². The molecular formula is C9H12N2. The molecule has 0 aromatic heterocycles. The number of rotatable bonds is 0. The van der Waals surface area contributed by atoms with E-state index in [4.69, 9.17) is 0 Å². The highest BCUT2D eigenvalue weighted by atomic mass is 14.9. The smallest absolute Gasteiger partial charge is 0.0867 e. The Kier molecular flexibility index (Phi) is 3.19. The zero-order valence-corrected chi connectivity index (χ0v) is 6.46. The van der Waals surface area contributed by atoms with Gasteiger partial charge in [0.2, 0.25) is 0 Å². The van der Waals surface area contributed by atoms with Gasteiger partial charge in [-0.15, -0.1) is 0 Å². The quantitative estimate of drug-likeness (QED) is 0.554. The molecule has 1 aliphatic heterocycles. The normalized spacial score (nSPS) is 18.0. The second-order valence-electron chi connectivity index (χ2n) is 2.28. The third-order valence-corrected chi connectivity index (χ3v) is 1.31. The first kappa shape index (κ1) is 7.79. The van der Waals surface area contributed by atoms with Crippen LogP contribution in [-0.4, -0.2) is 12.9 Å². The van der Waals surface area contributed by atoms with Gasteiger partial charge in [-0.05, 0) is 12.5 Å². The van der Waals surface area contributed by atoms with Crippen LogP contribution in [0.25, 0.3) is 0 Å². The van der Waals surface area contributed by atoms with E-state index < -0.39 is 0 Å². The van der Waals surface area contributed by atoms with Gasteiger partial charge in [0, 0.05) is 12.2 Å². The molecule has 0 bridgehead atoms. The maximum atomic E-state index is 4.10. The van der Waals surface area contributed by atoms with Gasteiger partial charge in [0.1, 0.15) is 0 Å². The minimum Gasteiger partial charge on any atom is -0.347 e. The van der Waals surface area contributed by atoms with E-state index in [9.17, 15) is 0 Å². The highest BCUT2D eigenvalue weighted by Gasteiger charge is 1.82. The average molecular weight is 148 g/mol. The average Bonchev–Trinajstić information content (AvgIpc) is 2.03. The Morgan fingerprint density at radius 2 is 2.36 bits per heavy atom. The molecule has 0 aromatic carbocycles. The van der Waals surface area contributed by atoms with Crippen LogP contribution in [0.1, 0.15) is 6.42 Å². The predicted octanol–water partition coefficient (Wildman–Crippen LogP) is 1.63. The van der Waals surface area contributed by atoms with Gasteiger partial charge < -0.3 is 5.32 Å². The largest absolute Gasteiger partial charge is 0.347 e. The lowest BCUT2D eigenvalue weighted by Gasteiger charge is -1.97. The zero-order valence-electron chi connectivity index (χ0n) is 6.46. The Balaban J connectivity index is 2.57. The summed E-state index contributed by atoms with van der Waals surface area (Å²) in [5.41, 5.74) is 0.861. The Bertz CT molecular complexity index is 212. The van der Waals surface area contributed by atoms with E-state index in [1.807, 2.05) is 18.2 Å².